The Morgan fingerprint density at radius 1 is 0.385 bits per heavy atom. The third-order valence-corrected chi connectivity index (χ3v) is 7.45. The van der Waals surface area contributed by atoms with Crippen molar-refractivity contribution in [3.05, 3.63) is 140 Å². The molecule has 0 spiro atoms. The summed E-state index contributed by atoms with van der Waals surface area (Å²) in [4.78, 5) is 2.25. The van der Waals surface area contributed by atoms with Gasteiger partial charge in [0.2, 0.25) is 0 Å². The Morgan fingerprint density at radius 3 is 1.67 bits per heavy atom. The molecule has 0 N–H and O–H groups in total. The van der Waals surface area contributed by atoms with Gasteiger partial charge in [-0.15, -0.1) is 0 Å². The molecule has 0 amide bonds. The number of hydrogen-bond acceptors (Lipinski definition) is 3. The van der Waals surface area contributed by atoms with Gasteiger partial charge in [0.1, 0.15) is 16.7 Å². The lowest BCUT2D eigenvalue weighted by atomic mass is 10.0. The van der Waals surface area contributed by atoms with Crippen LogP contribution in [-0.4, -0.2) is 0 Å². The summed E-state index contributed by atoms with van der Waals surface area (Å²) in [5.74, 6) is 0. The van der Waals surface area contributed by atoms with E-state index in [1.165, 1.54) is 5.56 Å². The van der Waals surface area contributed by atoms with E-state index >= 15 is 0 Å². The molecule has 0 saturated carbocycles. The van der Waals surface area contributed by atoms with Crippen LogP contribution in [0.25, 0.3) is 55.0 Å². The molecule has 0 fully saturated rings. The molecule has 8 aromatic rings. The van der Waals surface area contributed by atoms with Crippen LogP contribution in [0, 0.1) is 0 Å². The highest BCUT2D eigenvalue weighted by Gasteiger charge is 2.20. The minimum absolute atomic E-state index is 0.848. The molecule has 0 saturated heterocycles. The predicted octanol–water partition coefficient (Wildman–Crippen LogP) is 10.6. The van der Waals surface area contributed by atoms with Crippen molar-refractivity contribution in [2.24, 2.45) is 0 Å². The van der Waals surface area contributed by atoms with Gasteiger partial charge in [-0.1, -0.05) is 84.9 Å². The fourth-order valence-electron chi connectivity index (χ4n) is 5.62. The molecule has 0 aliphatic carbocycles. The maximum absolute atomic E-state index is 6.64. The molecule has 0 unspecified atom stereocenters. The molecule has 2 heterocycles. The van der Waals surface area contributed by atoms with Crippen LogP contribution in [0.15, 0.2) is 148 Å². The lowest BCUT2D eigenvalue weighted by molar-refractivity contribution is 0.664. The van der Waals surface area contributed by atoms with Gasteiger partial charge in [-0.2, -0.15) is 0 Å². The van der Waals surface area contributed by atoms with Gasteiger partial charge in [0.15, 0.2) is 5.58 Å². The maximum atomic E-state index is 6.64. The predicted molar refractivity (Wildman–Crippen MR) is 161 cm³/mol. The Balaban J connectivity index is 1.33. The lowest BCUT2D eigenvalue weighted by Crippen LogP contribution is -2.09. The van der Waals surface area contributed by atoms with E-state index in [1.54, 1.807) is 0 Å². The number of fused-ring (bicyclic) bond motifs is 6. The van der Waals surface area contributed by atoms with Gasteiger partial charge in [0, 0.05) is 32.9 Å². The number of benzene rings is 6. The largest absolute Gasteiger partial charge is 0.456 e. The van der Waals surface area contributed by atoms with Gasteiger partial charge < -0.3 is 13.7 Å². The zero-order valence-electron chi connectivity index (χ0n) is 21.0. The SMILES string of the molecule is c1ccc(-c2ccc3c(c2)oc2cc4c(cc23)oc2c(N(c3ccccc3)c3ccccc3)cccc24)cc1. The number of anilines is 3. The van der Waals surface area contributed by atoms with Crippen molar-refractivity contribution in [1.82, 2.24) is 0 Å². The van der Waals surface area contributed by atoms with Gasteiger partial charge in [-0.3, -0.25) is 0 Å². The molecule has 39 heavy (non-hydrogen) atoms. The van der Waals surface area contributed by atoms with Gasteiger partial charge >= 0.3 is 0 Å². The minimum Gasteiger partial charge on any atom is -0.456 e. The summed E-state index contributed by atoms with van der Waals surface area (Å²) in [5, 5.41) is 4.25. The minimum atomic E-state index is 0.848. The topological polar surface area (TPSA) is 29.5 Å². The molecule has 0 atom stereocenters. The Bertz CT molecular complexity index is 2070. The van der Waals surface area contributed by atoms with E-state index in [2.05, 4.69) is 126 Å². The molecule has 8 rings (SSSR count). The van der Waals surface area contributed by atoms with Gasteiger partial charge in [0.05, 0.1) is 5.69 Å². The molecule has 0 aliphatic heterocycles. The van der Waals surface area contributed by atoms with E-state index in [0.29, 0.717) is 0 Å². The molecular weight excluding hydrogens is 478 g/mol. The fraction of sp³-hybridized carbons (Fsp3) is 0. The Labute approximate surface area is 225 Å². The molecule has 0 radical (unpaired) electrons. The van der Waals surface area contributed by atoms with Crippen LogP contribution in [0.3, 0.4) is 0 Å². The first-order chi connectivity index (χ1) is 19.3. The van der Waals surface area contributed by atoms with E-state index in [-0.39, 0.29) is 0 Å². The van der Waals surface area contributed by atoms with E-state index in [9.17, 15) is 0 Å². The fourth-order valence-corrected chi connectivity index (χ4v) is 5.62. The molecule has 3 heteroatoms. The van der Waals surface area contributed by atoms with Crippen molar-refractivity contribution in [3.63, 3.8) is 0 Å². The average Bonchev–Trinajstić information content (AvgIpc) is 3.55. The first-order valence-corrected chi connectivity index (χ1v) is 13.1. The van der Waals surface area contributed by atoms with E-state index in [4.69, 9.17) is 8.83 Å². The normalized spacial score (nSPS) is 11.6. The van der Waals surface area contributed by atoms with Crippen molar-refractivity contribution in [2.75, 3.05) is 4.90 Å². The number of nitrogens with zero attached hydrogens (tertiary/aromatic N) is 1. The molecule has 3 nitrogen and oxygen atoms in total. The summed E-state index contributed by atoms with van der Waals surface area (Å²) >= 11 is 0. The molecule has 0 aliphatic rings. The van der Waals surface area contributed by atoms with Crippen LogP contribution in [0.1, 0.15) is 0 Å². The van der Waals surface area contributed by atoms with Gasteiger partial charge in [-0.25, -0.2) is 0 Å². The zero-order chi connectivity index (χ0) is 25.8. The second-order valence-corrected chi connectivity index (χ2v) is 9.79. The van der Waals surface area contributed by atoms with Crippen molar-refractivity contribution in [3.8, 4) is 11.1 Å². The highest BCUT2D eigenvalue weighted by atomic mass is 16.3. The van der Waals surface area contributed by atoms with Crippen LogP contribution >= 0.6 is 0 Å². The Kier molecular flexibility index (Phi) is 4.82. The molecule has 184 valence electrons. The third-order valence-electron chi connectivity index (χ3n) is 7.45. The maximum Gasteiger partial charge on any atom is 0.159 e. The molecule has 0 bridgehead atoms. The Hall–Kier alpha value is -5.28. The van der Waals surface area contributed by atoms with Crippen molar-refractivity contribution < 1.29 is 8.83 Å². The summed E-state index contributed by atoms with van der Waals surface area (Å²) in [5.41, 5.74) is 8.90. The first-order valence-electron chi connectivity index (χ1n) is 13.1. The summed E-state index contributed by atoms with van der Waals surface area (Å²) < 4.78 is 13.0. The second-order valence-electron chi connectivity index (χ2n) is 9.79. The zero-order valence-corrected chi connectivity index (χ0v) is 21.0. The first kappa shape index (κ1) is 21.8. The quantitative estimate of drug-likeness (QED) is 0.240. The second kappa shape index (κ2) is 8.64. The van der Waals surface area contributed by atoms with Crippen LogP contribution < -0.4 is 4.90 Å². The lowest BCUT2D eigenvalue weighted by Gasteiger charge is -2.25. The smallest absolute Gasteiger partial charge is 0.159 e. The Morgan fingerprint density at radius 2 is 0.974 bits per heavy atom. The summed E-state index contributed by atoms with van der Waals surface area (Å²) in [6, 6.07) is 48.2. The standard InChI is InChI=1S/C36H23NO2/c1-4-11-24(12-5-1)25-19-20-28-30-22-35-31(23-34(30)38-33(28)21-25)29-17-10-18-32(36(29)39-35)37(26-13-6-2-7-14-26)27-15-8-3-9-16-27/h1-23H. The van der Waals surface area contributed by atoms with Gasteiger partial charge in [-0.05, 0) is 65.7 Å². The highest BCUT2D eigenvalue weighted by molar-refractivity contribution is 6.17. The molecular formula is C36H23NO2. The van der Waals surface area contributed by atoms with Crippen molar-refractivity contribution in [2.45, 2.75) is 0 Å². The number of furan rings is 2. The number of rotatable bonds is 4. The van der Waals surface area contributed by atoms with Crippen LogP contribution in [0.2, 0.25) is 0 Å². The highest BCUT2D eigenvalue weighted by Crippen LogP contribution is 2.43. The summed E-state index contributed by atoms with van der Waals surface area (Å²) in [6.07, 6.45) is 0. The number of hydrogen-bond donors (Lipinski definition) is 0. The third kappa shape index (κ3) is 3.52. The van der Waals surface area contributed by atoms with Crippen molar-refractivity contribution in [1.29, 1.82) is 0 Å². The molecule has 2 aromatic heterocycles. The monoisotopic (exact) mass is 501 g/mol. The van der Waals surface area contributed by atoms with E-state index in [1.807, 2.05) is 18.2 Å². The van der Waals surface area contributed by atoms with Gasteiger partial charge in [0.25, 0.3) is 0 Å². The summed E-state index contributed by atoms with van der Waals surface area (Å²) in [7, 11) is 0. The van der Waals surface area contributed by atoms with E-state index in [0.717, 1.165) is 66.5 Å². The van der Waals surface area contributed by atoms with Crippen molar-refractivity contribution >= 4 is 60.9 Å². The molecule has 6 aromatic carbocycles. The summed E-state index contributed by atoms with van der Waals surface area (Å²) in [6.45, 7) is 0. The van der Waals surface area contributed by atoms with Crippen LogP contribution in [0.4, 0.5) is 17.1 Å². The van der Waals surface area contributed by atoms with Crippen LogP contribution in [0.5, 0.6) is 0 Å². The number of para-hydroxylation sites is 3. The van der Waals surface area contributed by atoms with E-state index < -0.39 is 0 Å². The average molecular weight is 502 g/mol. The van der Waals surface area contributed by atoms with Crippen LogP contribution in [-0.2, 0) is 0 Å².